The summed E-state index contributed by atoms with van der Waals surface area (Å²) in [5.41, 5.74) is 7.61. The van der Waals surface area contributed by atoms with Crippen LogP contribution < -0.4 is 11.1 Å². The predicted molar refractivity (Wildman–Crippen MR) is 94.3 cm³/mol. The lowest BCUT2D eigenvalue weighted by molar-refractivity contribution is 0.381. The first-order chi connectivity index (χ1) is 11.8. The van der Waals surface area contributed by atoms with Crippen LogP contribution >= 0.6 is 0 Å². The molecule has 2 aliphatic rings. The van der Waals surface area contributed by atoms with Gasteiger partial charge in [-0.2, -0.15) is 0 Å². The largest absolute Gasteiger partial charge is 0.382 e. The van der Waals surface area contributed by atoms with E-state index in [4.69, 9.17) is 5.73 Å². The molecule has 6 heteroatoms. The van der Waals surface area contributed by atoms with Gasteiger partial charge < -0.3 is 15.6 Å². The van der Waals surface area contributed by atoms with Crippen LogP contribution in [0, 0.1) is 17.8 Å². The third-order valence-corrected chi connectivity index (χ3v) is 5.22. The number of aromatic nitrogens is 4. The van der Waals surface area contributed by atoms with E-state index in [-0.39, 0.29) is 0 Å². The number of fused-ring (bicyclic) bond motifs is 1. The Morgan fingerprint density at radius 1 is 1.17 bits per heavy atom. The molecule has 3 N–H and O–H groups in total. The summed E-state index contributed by atoms with van der Waals surface area (Å²) in [6, 6.07) is 0.486. The number of hydrogen-bond donors (Lipinski definition) is 2. The summed E-state index contributed by atoms with van der Waals surface area (Å²) in [5.74, 6) is 8.01. The van der Waals surface area contributed by atoms with Crippen molar-refractivity contribution in [1.29, 1.82) is 0 Å². The highest BCUT2D eigenvalue weighted by Gasteiger charge is 2.21. The van der Waals surface area contributed by atoms with E-state index in [0.717, 1.165) is 25.2 Å². The topological polar surface area (TPSA) is 81.7 Å². The molecule has 0 radical (unpaired) electrons. The third-order valence-electron chi connectivity index (χ3n) is 5.22. The Labute approximate surface area is 142 Å². The van der Waals surface area contributed by atoms with Gasteiger partial charge in [0.1, 0.15) is 5.52 Å². The highest BCUT2D eigenvalue weighted by atomic mass is 15.2. The van der Waals surface area contributed by atoms with Crippen molar-refractivity contribution in [3.05, 3.63) is 12.2 Å². The van der Waals surface area contributed by atoms with Gasteiger partial charge in [0, 0.05) is 12.5 Å². The fourth-order valence-electron chi connectivity index (χ4n) is 3.80. The van der Waals surface area contributed by atoms with Crippen LogP contribution in [0.2, 0.25) is 0 Å². The molecule has 126 valence electrons. The van der Waals surface area contributed by atoms with Crippen molar-refractivity contribution >= 4 is 17.0 Å². The molecule has 1 aliphatic carbocycles. The van der Waals surface area contributed by atoms with Gasteiger partial charge >= 0.3 is 0 Å². The van der Waals surface area contributed by atoms with E-state index < -0.39 is 0 Å². The van der Waals surface area contributed by atoms with Crippen LogP contribution in [0.4, 0.5) is 5.82 Å². The Bertz CT molecular complexity index is 772. The van der Waals surface area contributed by atoms with Crippen molar-refractivity contribution in [2.45, 2.75) is 51.0 Å². The van der Waals surface area contributed by atoms with E-state index in [0.29, 0.717) is 29.1 Å². The molecule has 24 heavy (non-hydrogen) atoms. The van der Waals surface area contributed by atoms with Crippen LogP contribution in [0.5, 0.6) is 0 Å². The second-order valence-corrected chi connectivity index (χ2v) is 6.89. The zero-order valence-corrected chi connectivity index (χ0v) is 14.0. The zero-order chi connectivity index (χ0) is 16.4. The van der Waals surface area contributed by atoms with Crippen LogP contribution in [0.1, 0.15) is 56.8 Å². The van der Waals surface area contributed by atoms with Gasteiger partial charge in [-0.3, -0.25) is 0 Å². The summed E-state index contributed by atoms with van der Waals surface area (Å²) in [5, 5.41) is 3.38. The molecule has 1 aliphatic heterocycles. The molecule has 0 atom stereocenters. The van der Waals surface area contributed by atoms with Gasteiger partial charge in [-0.05, 0) is 50.6 Å². The highest BCUT2D eigenvalue weighted by Crippen LogP contribution is 2.32. The minimum atomic E-state index is 0.433. The van der Waals surface area contributed by atoms with Gasteiger partial charge in [0.2, 0.25) is 5.82 Å². The molecule has 0 amide bonds. The van der Waals surface area contributed by atoms with Crippen LogP contribution in [0.15, 0.2) is 6.33 Å². The van der Waals surface area contributed by atoms with Gasteiger partial charge in [0.15, 0.2) is 11.5 Å². The van der Waals surface area contributed by atoms with E-state index in [2.05, 4.69) is 36.7 Å². The molecule has 2 aromatic rings. The first kappa shape index (κ1) is 15.4. The SMILES string of the molecule is Nc1nc(C#CCC2CCNCC2)nc2c1ncn2C1CCCC1. The lowest BCUT2D eigenvalue weighted by Gasteiger charge is -2.20. The average molecular weight is 324 g/mol. The molecule has 6 nitrogen and oxygen atoms in total. The molecule has 0 unspecified atom stereocenters. The Hall–Kier alpha value is -2.13. The van der Waals surface area contributed by atoms with Gasteiger partial charge in [0.25, 0.3) is 0 Å². The Morgan fingerprint density at radius 3 is 2.75 bits per heavy atom. The first-order valence-corrected chi connectivity index (χ1v) is 9.01. The summed E-state index contributed by atoms with van der Waals surface area (Å²) < 4.78 is 2.17. The standard InChI is InChI=1S/C18H24N6/c19-17-16-18(24(12-21-16)14-5-1-2-6-14)23-15(22-17)7-3-4-13-8-10-20-11-9-13/h12-14,20H,1-2,4-6,8-11H2,(H2,19,22,23). The van der Waals surface area contributed by atoms with Gasteiger partial charge in [-0.1, -0.05) is 18.8 Å². The molecule has 3 heterocycles. The third kappa shape index (κ3) is 3.09. The lowest BCUT2D eigenvalue weighted by atomic mass is 9.95. The number of anilines is 1. The molecule has 4 rings (SSSR count). The molecule has 1 saturated carbocycles. The van der Waals surface area contributed by atoms with E-state index in [9.17, 15) is 0 Å². The summed E-state index contributed by atoms with van der Waals surface area (Å²) in [4.78, 5) is 13.4. The summed E-state index contributed by atoms with van der Waals surface area (Å²) in [6.45, 7) is 2.20. The number of rotatable bonds is 2. The van der Waals surface area contributed by atoms with E-state index in [1.807, 2.05) is 6.33 Å². The molecule has 1 saturated heterocycles. The maximum Gasteiger partial charge on any atom is 0.208 e. The second-order valence-electron chi connectivity index (χ2n) is 6.89. The van der Waals surface area contributed by atoms with Crippen LogP contribution in [0.25, 0.3) is 11.2 Å². The first-order valence-electron chi connectivity index (χ1n) is 9.01. The van der Waals surface area contributed by atoms with E-state index in [1.165, 1.54) is 38.5 Å². The minimum Gasteiger partial charge on any atom is -0.382 e. The van der Waals surface area contributed by atoms with Crippen LogP contribution in [-0.4, -0.2) is 32.6 Å². The number of piperidine rings is 1. The fourth-order valence-corrected chi connectivity index (χ4v) is 3.80. The number of nitrogens with two attached hydrogens (primary N) is 1. The molecule has 0 aromatic carbocycles. The Morgan fingerprint density at radius 2 is 1.96 bits per heavy atom. The molecule has 0 spiro atoms. The van der Waals surface area contributed by atoms with Crippen LogP contribution in [-0.2, 0) is 0 Å². The van der Waals surface area contributed by atoms with Gasteiger partial charge in [-0.15, -0.1) is 0 Å². The van der Waals surface area contributed by atoms with E-state index in [1.54, 1.807) is 0 Å². The maximum atomic E-state index is 6.08. The monoisotopic (exact) mass is 324 g/mol. The average Bonchev–Trinajstić information content (AvgIpc) is 3.25. The number of nitrogens with zero attached hydrogens (tertiary/aromatic N) is 4. The minimum absolute atomic E-state index is 0.433. The maximum absolute atomic E-state index is 6.08. The number of imidazole rings is 1. The van der Waals surface area contributed by atoms with Crippen molar-refractivity contribution in [2.24, 2.45) is 5.92 Å². The van der Waals surface area contributed by atoms with Crippen molar-refractivity contribution in [3.63, 3.8) is 0 Å². The second kappa shape index (κ2) is 6.78. The summed E-state index contributed by atoms with van der Waals surface area (Å²) >= 11 is 0. The normalized spacial score (nSPS) is 19.5. The van der Waals surface area contributed by atoms with Gasteiger partial charge in [0.05, 0.1) is 6.33 Å². The number of hydrogen-bond acceptors (Lipinski definition) is 5. The smallest absolute Gasteiger partial charge is 0.208 e. The van der Waals surface area contributed by atoms with Gasteiger partial charge in [-0.25, -0.2) is 15.0 Å². The van der Waals surface area contributed by atoms with Crippen molar-refractivity contribution in [3.8, 4) is 11.8 Å². The molecule has 2 aromatic heterocycles. The molecule has 2 fully saturated rings. The molecular weight excluding hydrogens is 300 g/mol. The molecule has 0 bridgehead atoms. The lowest BCUT2D eigenvalue weighted by Crippen LogP contribution is -2.27. The van der Waals surface area contributed by atoms with Crippen molar-refractivity contribution < 1.29 is 0 Å². The predicted octanol–water partition coefficient (Wildman–Crippen LogP) is 2.26. The Kier molecular flexibility index (Phi) is 4.35. The Balaban J connectivity index is 1.58. The fraction of sp³-hybridized carbons (Fsp3) is 0.611. The summed E-state index contributed by atoms with van der Waals surface area (Å²) in [7, 11) is 0. The number of nitrogen functional groups attached to an aromatic ring is 1. The molecular formula is C18H24N6. The number of nitrogens with one attached hydrogen (secondary N) is 1. The van der Waals surface area contributed by atoms with Crippen LogP contribution in [0.3, 0.4) is 0 Å². The van der Waals surface area contributed by atoms with E-state index >= 15 is 0 Å². The zero-order valence-electron chi connectivity index (χ0n) is 14.0. The summed E-state index contributed by atoms with van der Waals surface area (Å²) in [6.07, 6.45) is 10.1. The van der Waals surface area contributed by atoms with Crippen molar-refractivity contribution in [2.75, 3.05) is 18.8 Å². The highest BCUT2D eigenvalue weighted by molar-refractivity contribution is 5.82. The quantitative estimate of drug-likeness (QED) is 0.828. The van der Waals surface area contributed by atoms with Crippen molar-refractivity contribution in [1.82, 2.24) is 24.8 Å².